The first-order valence-electron chi connectivity index (χ1n) is 6.49. The zero-order valence-electron chi connectivity index (χ0n) is 11.0. The topological polar surface area (TPSA) is 49.3 Å². The molecule has 0 radical (unpaired) electrons. The molecule has 0 amide bonds. The van der Waals surface area contributed by atoms with E-state index >= 15 is 0 Å². The second kappa shape index (κ2) is 8.43. The molecule has 1 aromatic carbocycles. The van der Waals surface area contributed by atoms with Crippen molar-refractivity contribution in [2.75, 3.05) is 5.32 Å². The van der Waals surface area contributed by atoms with E-state index in [0.717, 1.165) is 35.8 Å². The zero-order valence-corrected chi connectivity index (χ0v) is 13.3. The first-order valence-corrected chi connectivity index (χ1v) is 7.66. The molecule has 0 aliphatic carbocycles. The maximum absolute atomic E-state index is 11.2. The Morgan fingerprint density at radius 2 is 2.16 bits per heavy atom. The van der Waals surface area contributed by atoms with Crippen LogP contribution in [0, 0.1) is 0 Å². The SMILES string of the molecule is CCCCCCC(Nc1ccc(Cl)c(Br)c1)C(=O)O. The summed E-state index contributed by atoms with van der Waals surface area (Å²) in [5, 5.41) is 12.9. The Hall–Kier alpha value is -0.740. The van der Waals surface area contributed by atoms with E-state index in [-0.39, 0.29) is 0 Å². The van der Waals surface area contributed by atoms with Crippen LogP contribution in [0.3, 0.4) is 0 Å². The molecule has 0 heterocycles. The molecular weight excluding hydrogens is 330 g/mol. The Labute approximate surface area is 127 Å². The summed E-state index contributed by atoms with van der Waals surface area (Å²) in [6.45, 7) is 2.14. The van der Waals surface area contributed by atoms with Gasteiger partial charge in [0.15, 0.2) is 0 Å². The minimum Gasteiger partial charge on any atom is -0.480 e. The number of carboxylic acid groups (broad SMARTS) is 1. The molecule has 0 saturated carbocycles. The summed E-state index contributed by atoms with van der Waals surface area (Å²) in [6, 6.07) is 4.77. The van der Waals surface area contributed by atoms with Crippen molar-refractivity contribution in [3.63, 3.8) is 0 Å². The number of hydrogen-bond donors (Lipinski definition) is 2. The summed E-state index contributed by atoms with van der Waals surface area (Å²) in [5.74, 6) is -0.817. The maximum atomic E-state index is 11.2. The van der Waals surface area contributed by atoms with Gasteiger partial charge in [-0.2, -0.15) is 0 Å². The molecule has 0 saturated heterocycles. The number of aliphatic carboxylic acids is 1. The molecule has 106 valence electrons. The Balaban J connectivity index is 2.57. The molecule has 1 unspecified atom stereocenters. The molecule has 1 atom stereocenters. The first-order chi connectivity index (χ1) is 9.04. The van der Waals surface area contributed by atoms with Crippen LogP contribution in [0.1, 0.15) is 39.0 Å². The number of rotatable bonds is 8. The van der Waals surface area contributed by atoms with Gasteiger partial charge in [-0.05, 0) is 40.5 Å². The summed E-state index contributed by atoms with van der Waals surface area (Å²) < 4.78 is 0.759. The zero-order chi connectivity index (χ0) is 14.3. The van der Waals surface area contributed by atoms with E-state index in [2.05, 4.69) is 28.2 Å². The van der Waals surface area contributed by atoms with Crippen molar-refractivity contribution in [2.45, 2.75) is 45.1 Å². The van der Waals surface area contributed by atoms with Gasteiger partial charge < -0.3 is 10.4 Å². The van der Waals surface area contributed by atoms with Crippen molar-refractivity contribution in [1.29, 1.82) is 0 Å². The van der Waals surface area contributed by atoms with E-state index in [1.807, 2.05) is 0 Å². The van der Waals surface area contributed by atoms with E-state index in [0.29, 0.717) is 11.4 Å². The van der Waals surface area contributed by atoms with Crippen molar-refractivity contribution in [3.8, 4) is 0 Å². The summed E-state index contributed by atoms with van der Waals surface area (Å²) in [4.78, 5) is 11.2. The summed E-state index contributed by atoms with van der Waals surface area (Å²) >= 11 is 9.23. The average molecular weight is 349 g/mol. The lowest BCUT2D eigenvalue weighted by molar-refractivity contribution is -0.138. The van der Waals surface area contributed by atoms with Gasteiger partial charge in [0.05, 0.1) is 5.02 Å². The highest BCUT2D eigenvalue weighted by atomic mass is 79.9. The molecule has 0 aliphatic heterocycles. The fourth-order valence-corrected chi connectivity index (χ4v) is 2.32. The molecule has 0 aliphatic rings. The van der Waals surface area contributed by atoms with E-state index in [1.165, 1.54) is 0 Å². The second-order valence-electron chi connectivity index (χ2n) is 4.51. The van der Waals surface area contributed by atoms with Crippen molar-refractivity contribution < 1.29 is 9.90 Å². The van der Waals surface area contributed by atoms with E-state index in [1.54, 1.807) is 18.2 Å². The highest BCUT2D eigenvalue weighted by Crippen LogP contribution is 2.26. The number of hydrogen-bond acceptors (Lipinski definition) is 2. The van der Waals surface area contributed by atoms with Crippen molar-refractivity contribution >= 4 is 39.2 Å². The predicted molar refractivity (Wildman–Crippen MR) is 83.0 cm³/mol. The van der Waals surface area contributed by atoms with Gasteiger partial charge in [-0.25, -0.2) is 4.79 Å². The molecule has 0 aromatic heterocycles. The fraction of sp³-hybridized carbons (Fsp3) is 0.500. The standard InChI is InChI=1S/C14H19BrClNO2/c1-2-3-4-5-6-13(14(18)19)17-10-7-8-12(16)11(15)9-10/h7-9,13,17H,2-6H2,1H3,(H,18,19). The number of unbranched alkanes of at least 4 members (excludes halogenated alkanes) is 3. The fourth-order valence-electron chi connectivity index (χ4n) is 1.82. The van der Waals surface area contributed by atoms with Gasteiger partial charge in [-0.3, -0.25) is 0 Å². The number of benzene rings is 1. The third-order valence-electron chi connectivity index (χ3n) is 2.90. The van der Waals surface area contributed by atoms with Gasteiger partial charge in [-0.1, -0.05) is 44.2 Å². The number of carbonyl (C=O) groups is 1. The monoisotopic (exact) mass is 347 g/mol. The summed E-state index contributed by atoms with van der Waals surface area (Å²) in [5.41, 5.74) is 0.763. The lowest BCUT2D eigenvalue weighted by Crippen LogP contribution is -2.29. The van der Waals surface area contributed by atoms with Crippen LogP contribution in [0.2, 0.25) is 5.02 Å². The number of halogens is 2. The third kappa shape index (κ3) is 5.83. The molecular formula is C14H19BrClNO2. The minimum atomic E-state index is -0.817. The number of nitrogens with one attached hydrogen (secondary N) is 1. The highest BCUT2D eigenvalue weighted by molar-refractivity contribution is 9.10. The van der Waals surface area contributed by atoms with E-state index in [9.17, 15) is 9.90 Å². The molecule has 2 N–H and O–H groups in total. The van der Waals surface area contributed by atoms with Crippen LogP contribution >= 0.6 is 27.5 Å². The molecule has 1 rings (SSSR count). The second-order valence-corrected chi connectivity index (χ2v) is 5.77. The van der Waals surface area contributed by atoms with Crippen LogP contribution in [-0.4, -0.2) is 17.1 Å². The van der Waals surface area contributed by atoms with Crippen LogP contribution in [0.25, 0.3) is 0 Å². The van der Waals surface area contributed by atoms with Gasteiger partial charge in [0.1, 0.15) is 6.04 Å². The first kappa shape index (κ1) is 16.3. The molecule has 0 bridgehead atoms. The maximum Gasteiger partial charge on any atom is 0.326 e. The van der Waals surface area contributed by atoms with Gasteiger partial charge in [0.25, 0.3) is 0 Å². The Morgan fingerprint density at radius 3 is 2.74 bits per heavy atom. The van der Waals surface area contributed by atoms with Crippen molar-refractivity contribution in [3.05, 3.63) is 27.7 Å². The Bertz CT molecular complexity index is 426. The lowest BCUT2D eigenvalue weighted by atomic mass is 10.1. The van der Waals surface area contributed by atoms with Gasteiger partial charge in [0.2, 0.25) is 0 Å². The summed E-state index contributed by atoms with van der Waals surface area (Å²) in [6.07, 6.45) is 4.93. The van der Waals surface area contributed by atoms with E-state index < -0.39 is 12.0 Å². The van der Waals surface area contributed by atoms with Crippen LogP contribution < -0.4 is 5.32 Å². The normalized spacial score (nSPS) is 12.2. The van der Waals surface area contributed by atoms with Gasteiger partial charge in [0, 0.05) is 10.2 Å². The molecule has 5 heteroatoms. The predicted octanol–water partition coefficient (Wildman–Crippen LogP) is 4.94. The van der Waals surface area contributed by atoms with Crippen molar-refractivity contribution in [1.82, 2.24) is 0 Å². The van der Waals surface area contributed by atoms with E-state index in [4.69, 9.17) is 11.6 Å². The molecule has 0 spiro atoms. The van der Waals surface area contributed by atoms with Crippen LogP contribution in [0.15, 0.2) is 22.7 Å². The molecule has 0 fully saturated rings. The molecule has 19 heavy (non-hydrogen) atoms. The summed E-state index contributed by atoms with van der Waals surface area (Å²) in [7, 11) is 0. The Morgan fingerprint density at radius 1 is 1.42 bits per heavy atom. The Kier molecular flexibility index (Phi) is 7.24. The molecule has 1 aromatic rings. The van der Waals surface area contributed by atoms with Gasteiger partial charge >= 0.3 is 5.97 Å². The van der Waals surface area contributed by atoms with Crippen molar-refractivity contribution in [2.24, 2.45) is 0 Å². The third-order valence-corrected chi connectivity index (χ3v) is 4.12. The van der Waals surface area contributed by atoms with Crippen LogP contribution in [0.4, 0.5) is 5.69 Å². The van der Waals surface area contributed by atoms with Crippen LogP contribution in [-0.2, 0) is 4.79 Å². The molecule has 3 nitrogen and oxygen atoms in total. The average Bonchev–Trinajstić information content (AvgIpc) is 2.37. The minimum absolute atomic E-state index is 0.551. The number of carboxylic acids is 1. The smallest absolute Gasteiger partial charge is 0.326 e. The van der Waals surface area contributed by atoms with Crippen LogP contribution in [0.5, 0.6) is 0 Å². The highest BCUT2D eigenvalue weighted by Gasteiger charge is 2.16. The van der Waals surface area contributed by atoms with Gasteiger partial charge in [-0.15, -0.1) is 0 Å². The quantitative estimate of drug-likeness (QED) is 0.654. The number of anilines is 1. The largest absolute Gasteiger partial charge is 0.480 e. The lowest BCUT2D eigenvalue weighted by Gasteiger charge is -2.16.